The molecule has 6 nitrogen and oxygen atoms in total. The lowest BCUT2D eigenvalue weighted by Crippen LogP contribution is -2.53. The number of benzene rings is 2. The molecule has 2 aromatic rings. The number of para-hydroxylation sites is 1. The monoisotopic (exact) mass is 396 g/mol. The van der Waals surface area contributed by atoms with Crippen LogP contribution in [-0.4, -0.2) is 24.0 Å². The molecule has 0 aromatic heterocycles. The Morgan fingerprint density at radius 3 is 2.31 bits per heavy atom. The number of ether oxygens (including phenoxy) is 2. The summed E-state index contributed by atoms with van der Waals surface area (Å²) in [6.07, 6.45) is 0. The van der Waals surface area contributed by atoms with Crippen molar-refractivity contribution in [3.05, 3.63) is 58.6 Å². The molecule has 0 saturated heterocycles. The van der Waals surface area contributed by atoms with Crippen molar-refractivity contribution < 1.29 is 19.1 Å². The van der Waals surface area contributed by atoms with Crippen LogP contribution < -0.4 is 20.3 Å². The van der Waals surface area contributed by atoms with Crippen LogP contribution in [0.5, 0.6) is 11.5 Å². The molecule has 2 aromatic carbocycles. The summed E-state index contributed by atoms with van der Waals surface area (Å²) in [6.45, 7) is 2.84. The van der Waals surface area contributed by atoms with Crippen LogP contribution in [0.1, 0.15) is 13.8 Å². The lowest BCUT2D eigenvalue weighted by atomic mass is 10.1. The van der Waals surface area contributed by atoms with E-state index in [-0.39, 0.29) is 6.61 Å². The van der Waals surface area contributed by atoms with Gasteiger partial charge in [-0.05, 0) is 50.2 Å². The van der Waals surface area contributed by atoms with Gasteiger partial charge in [0.15, 0.2) is 12.2 Å². The number of halogens is 2. The standard InChI is InChI=1S/C18H18Cl2N2O4/c1-18(2,26-13-9-7-12(19)8-10-13)17(24)22-21-16(23)11-25-15-6-4-3-5-14(15)20/h3-10H,11H2,1-2H3,(H,21,23)(H,22,24). The number of carbonyl (C=O) groups excluding carboxylic acids is 2. The Bertz CT molecular complexity index is 779. The van der Waals surface area contributed by atoms with Crippen LogP contribution in [0.25, 0.3) is 0 Å². The first-order valence-corrected chi connectivity index (χ1v) is 8.45. The van der Waals surface area contributed by atoms with E-state index in [0.29, 0.717) is 21.5 Å². The van der Waals surface area contributed by atoms with Gasteiger partial charge in [-0.2, -0.15) is 0 Å². The van der Waals surface area contributed by atoms with E-state index in [2.05, 4.69) is 10.9 Å². The molecule has 2 N–H and O–H groups in total. The van der Waals surface area contributed by atoms with Crippen LogP contribution in [0.15, 0.2) is 48.5 Å². The first-order chi connectivity index (χ1) is 12.3. The van der Waals surface area contributed by atoms with E-state index < -0.39 is 17.4 Å². The van der Waals surface area contributed by atoms with Crippen LogP contribution in [0.2, 0.25) is 10.0 Å². The molecule has 2 amide bonds. The van der Waals surface area contributed by atoms with Gasteiger partial charge in [-0.1, -0.05) is 35.3 Å². The second-order valence-corrected chi connectivity index (χ2v) is 6.63. The molecule has 0 aliphatic heterocycles. The summed E-state index contributed by atoms with van der Waals surface area (Å²) in [7, 11) is 0. The van der Waals surface area contributed by atoms with Crippen molar-refractivity contribution in [2.75, 3.05) is 6.61 Å². The van der Waals surface area contributed by atoms with Gasteiger partial charge in [0.05, 0.1) is 5.02 Å². The Labute approximate surface area is 161 Å². The summed E-state index contributed by atoms with van der Waals surface area (Å²) < 4.78 is 10.9. The number of hydrazine groups is 1. The predicted octanol–water partition coefficient (Wildman–Crippen LogP) is 3.38. The number of nitrogens with one attached hydrogen (secondary N) is 2. The van der Waals surface area contributed by atoms with Crippen LogP contribution in [0.3, 0.4) is 0 Å². The van der Waals surface area contributed by atoms with Crippen LogP contribution >= 0.6 is 23.2 Å². The van der Waals surface area contributed by atoms with Gasteiger partial charge in [0, 0.05) is 5.02 Å². The molecule has 0 atom stereocenters. The van der Waals surface area contributed by atoms with Crippen molar-refractivity contribution in [1.29, 1.82) is 0 Å². The molecule has 26 heavy (non-hydrogen) atoms. The number of hydrogen-bond acceptors (Lipinski definition) is 4. The quantitative estimate of drug-likeness (QED) is 0.733. The number of amides is 2. The average Bonchev–Trinajstić information content (AvgIpc) is 2.60. The lowest BCUT2D eigenvalue weighted by Gasteiger charge is -2.25. The van der Waals surface area contributed by atoms with Crippen LogP contribution in [0, 0.1) is 0 Å². The fraction of sp³-hybridized carbons (Fsp3) is 0.222. The largest absolute Gasteiger partial charge is 0.482 e. The number of hydrogen-bond donors (Lipinski definition) is 2. The van der Waals surface area contributed by atoms with Gasteiger partial charge in [-0.25, -0.2) is 0 Å². The molecule has 0 fully saturated rings. The molecule has 0 spiro atoms. The highest BCUT2D eigenvalue weighted by molar-refractivity contribution is 6.32. The highest BCUT2D eigenvalue weighted by atomic mass is 35.5. The molecule has 138 valence electrons. The molecule has 2 rings (SSSR count). The van der Waals surface area contributed by atoms with E-state index >= 15 is 0 Å². The maximum atomic E-state index is 12.2. The summed E-state index contributed by atoms with van der Waals surface area (Å²) in [5.74, 6) is -0.218. The van der Waals surface area contributed by atoms with Crippen LogP contribution in [-0.2, 0) is 9.59 Å². The van der Waals surface area contributed by atoms with Gasteiger partial charge in [-0.3, -0.25) is 20.4 Å². The third-order valence-electron chi connectivity index (χ3n) is 3.24. The minimum absolute atomic E-state index is 0.303. The first kappa shape index (κ1) is 19.9. The maximum Gasteiger partial charge on any atom is 0.281 e. The molecule has 0 aliphatic rings. The molecule has 8 heteroatoms. The molecule has 0 unspecified atom stereocenters. The zero-order chi connectivity index (χ0) is 19.2. The van der Waals surface area contributed by atoms with Gasteiger partial charge >= 0.3 is 0 Å². The Balaban J connectivity index is 1.81. The molecule has 0 bridgehead atoms. The molecular formula is C18H18Cl2N2O4. The third kappa shape index (κ3) is 5.82. The van der Waals surface area contributed by atoms with Crippen molar-refractivity contribution in [2.45, 2.75) is 19.4 Å². The van der Waals surface area contributed by atoms with Gasteiger partial charge < -0.3 is 9.47 Å². The Morgan fingerprint density at radius 1 is 1.00 bits per heavy atom. The normalized spacial score (nSPS) is 10.8. The highest BCUT2D eigenvalue weighted by Gasteiger charge is 2.30. The summed E-state index contributed by atoms with van der Waals surface area (Å²) in [5, 5.41) is 0.951. The van der Waals surface area contributed by atoms with Crippen molar-refractivity contribution in [1.82, 2.24) is 10.9 Å². The second kappa shape index (κ2) is 8.78. The van der Waals surface area contributed by atoms with E-state index in [1.54, 1.807) is 62.4 Å². The highest BCUT2D eigenvalue weighted by Crippen LogP contribution is 2.23. The Hall–Kier alpha value is -2.44. The minimum atomic E-state index is -1.22. The number of carbonyl (C=O) groups is 2. The van der Waals surface area contributed by atoms with Crippen LogP contribution in [0.4, 0.5) is 0 Å². The summed E-state index contributed by atoms with van der Waals surface area (Å²) in [6, 6.07) is 13.4. The molecular weight excluding hydrogens is 379 g/mol. The SMILES string of the molecule is CC(C)(Oc1ccc(Cl)cc1)C(=O)NNC(=O)COc1ccccc1Cl. The van der Waals surface area contributed by atoms with Gasteiger partial charge in [0.25, 0.3) is 11.8 Å². The van der Waals surface area contributed by atoms with E-state index in [4.69, 9.17) is 32.7 Å². The van der Waals surface area contributed by atoms with E-state index in [1.807, 2.05) is 0 Å². The van der Waals surface area contributed by atoms with Crippen molar-refractivity contribution in [3.8, 4) is 11.5 Å². The van der Waals surface area contributed by atoms with Crippen molar-refractivity contribution in [3.63, 3.8) is 0 Å². The Morgan fingerprint density at radius 2 is 1.65 bits per heavy atom. The zero-order valence-electron chi connectivity index (χ0n) is 14.2. The maximum absolute atomic E-state index is 12.2. The lowest BCUT2D eigenvalue weighted by molar-refractivity contribution is -0.138. The third-order valence-corrected chi connectivity index (χ3v) is 3.81. The second-order valence-electron chi connectivity index (χ2n) is 5.79. The molecule has 0 radical (unpaired) electrons. The smallest absolute Gasteiger partial charge is 0.281 e. The topological polar surface area (TPSA) is 76.7 Å². The molecule has 0 heterocycles. The minimum Gasteiger partial charge on any atom is -0.482 e. The fourth-order valence-corrected chi connectivity index (χ4v) is 2.18. The van der Waals surface area contributed by atoms with E-state index in [9.17, 15) is 9.59 Å². The first-order valence-electron chi connectivity index (χ1n) is 7.69. The van der Waals surface area contributed by atoms with Crippen molar-refractivity contribution >= 4 is 35.0 Å². The van der Waals surface area contributed by atoms with Gasteiger partial charge in [-0.15, -0.1) is 0 Å². The molecule has 0 aliphatic carbocycles. The van der Waals surface area contributed by atoms with Gasteiger partial charge in [0.2, 0.25) is 0 Å². The van der Waals surface area contributed by atoms with E-state index in [0.717, 1.165) is 0 Å². The number of rotatable bonds is 6. The summed E-state index contributed by atoms with van der Waals surface area (Å²) in [4.78, 5) is 24.0. The summed E-state index contributed by atoms with van der Waals surface area (Å²) >= 11 is 11.7. The van der Waals surface area contributed by atoms with Crippen molar-refractivity contribution in [2.24, 2.45) is 0 Å². The van der Waals surface area contributed by atoms with Gasteiger partial charge in [0.1, 0.15) is 11.5 Å². The zero-order valence-corrected chi connectivity index (χ0v) is 15.7. The summed E-state index contributed by atoms with van der Waals surface area (Å²) in [5.41, 5.74) is 3.35. The average molecular weight is 397 g/mol. The molecule has 0 saturated carbocycles. The fourth-order valence-electron chi connectivity index (χ4n) is 1.86. The predicted molar refractivity (Wildman–Crippen MR) is 99.4 cm³/mol. The Kier molecular flexibility index (Phi) is 6.71. The van der Waals surface area contributed by atoms with E-state index in [1.165, 1.54) is 0 Å².